The SMILES string of the molecule is C[C@H](NC(=O)COC(=O)CSC(=S)N1CCCC1)c1cccc(Cl)c1. The van der Waals surface area contributed by atoms with Gasteiger partial charge < -0.3 is 15.0 Å². The van der Waals surface area contributed by atoms with E-state index in [4.69, 9.17) is 28.6 Å². The van der Waals surface area contributed by atoms with Crippen molar-refractivity contribution >= 4 is 51.8 Å². The molecule has 1 saturated heterocycles. The number of benzene rings is 1. The second-order valence-corrected chi connectivity index (χ2v) is 7.80. The predicted octanol–water partition coefficient (Wildman–Crippen LogP) is 3.17. The maximum absolute atomic E-state index is 11.9. The minimum absolute atomic E-state index is 0.118. The second kappa shape index (κ2) is 9.99. The van der Waals surface area contributed by atoms with Gasteiger partial charge in [-0.3, -0.25) is 9.59 Å². The monoisotopic (exact) mass is 400 g/mol. The van der Waals surface area contributed by atoms with Gasteiger partial charge in [-0.1, -0.05) is 47.7 Å². The number of nitrogens with zero attached hydrogens (tertiary/aromatic N) is 1. The molecular weight excluding hydrogens is 380 g/mol. The molecular formula is C17H21ClN2O3S2. The summed E-state index contributed by atoms with van der Waals surface area (Å²) in [6.45, 7) is 3.44. The van der Waals surface area contributed by atoms with Crippen LogP contribution in [0.15, 0.2) is 24.3 Å². The lowest BCUT2D eigenvalue weighted by atomic mass is 10.1. The van der Waals surface area contributed by atoms with Gasteiger partial charge in [0.15, 0.2) is 6.61 Å². The zero-order chi connectivity index (χ0) is 18.2. The molecule has 1 heterocycles. The van der Waals surface area contributed by atoms with Crippen LogP contribution in [0.2, 0.25) is 5.02 Å². The Labute approximate surface area is 162 Å². The van der Waals surface area contributed by atoms with Crippen molar-refractivity contribution in [1.82, 2.24) is 10.2 Å². The number of carbonyl (C=O) groups is 2. The van der Waals surface area contributed by atoms with Crippen LogP contribution in [-0.4, -0.2) is 46.5 Å². The summed E-state index contributed by atoms with van der Waals surface area (Å²) in [5.41, 5.74) is 0.888. The standard InChI is InChI=1S/C17H21ClN2O3S2/c1-12(13-5-4-6-14(18)9-13)19-15(21)10-23-16(22)11-25-17(24)20-7-2-3-8-20/h4-6,9,12H,2-3,7-8,10-11H2,1H3,(H,19,21)/t12-/m0/s1. The van der Waals surface area contributed by atoms with Gasteiger partial charge in [0.25, 0.3) is 5.91 Å². The molecule has 0 radical (unpaired) electrons. The molecule has 0 unspecified atom stereocenters. The Morgan fingerprint density at radius 2 is 2.12 bits per heavy atom. The van der Waals surface area contributed by atoms with Crippen LogP contribution in [0.25, 0.3) is 0 Å². The largest absolute Gasteiger partial charge is 0.455 e. The molecule has 5 nitrogen and oxygen atoms in total. The number of halogens is 1. The Balaban J connectivity index is 1.66. The number of amides is 1. The quantitative estimate of drug-likeness (QED) is 0.584. The molecule has 1 fully saturated rings. The van der Waals surface area contributed by atoms with Crippen molar-refractivity contribution in [2.45, 2.75) is 25.8 Å². The van der Waals surface area contributed by atoms with Crippen molar-refractivity contribution in [3.8, 4) is 0 Å². The Kier molecular flexibility index (Phi) is 7.99. The number of esters is 1. The lowest BCUT2D eigenvalue weighted by Gasteiger charge is -2.17. The third-order valence-corrected chi connectivity index (χ3v) is 5.50. The molecule has 2 rings (SSSR count). The first-order valence-electron chi connectivity index (χ1n) is 8.08. The Morgan fingerprint density at radius 3 is 2.80 bits per heavy atom. The molecule has 1 aliphatic heterocycles. The van der Waals surface area contributed by atoms with Crippen LogP contribution in [0, 0.1) is 0 Å². The number of carbonyl (C=O) groups excluding carboxylic acids is 2. The van der Waals surface area contributed by atoms with Crippen molar-refractivity contribution in [3.63, 3.8) is 0 Å². The fraction of sp³-hybridized carbons (Fsp3) is 0.471. The lowest BCUT2D eigenvalue weighted by Crippen LogP contribution is -2.31. The molecule has 25 heavy (non-hydrogen) atoms. The van der Waals surface area contributed by atoms with Crippen molar-refractivity contribution < 1.29 is 14.3 Å². The van der Waals surface area contributed by atoms with E-state index in [1.165, 1.54) is 11.8 Å². The fourth-order valence-corrected chi connectivity index (χ4v) is 3.69. The van der Waals surface area contributed by atoms with Gasteiger partial charge in [0.05, 0.1) is 11.8 Å². The summed E-state index contributed by atoms with van der Waals surface area (Å²) in [6.07, 6.45) is 2.27. The van der Waals surface area contributed by atoms with Gasteiger partial charge in [0, 0.05) is 18.1 Å². The Morgan fingerprint density at radius 1 is 1.40 bits per heavy atom. The van der Waals surface area contributed by atoms with E-state index in [1.807, 2.05) is 19.1 Å². The second-order valence-electron chi connectivity index (χ2n) is 5.75. The highest BCUT2D eigenvalue weighted by molar-refractivity contribution is 8.23. The van der Waals surface area contributed by atoms with Gasteiger partial charge >= 0.3 is 5.97 Å². The van der Waals surface area contributed by atoms with Crippen LogP contribution in [-0.2, 0) is 14.3 Å². The summed E-state index contributed by atoms with van der Waals surface area (Å²) in [6, 6.07) is 7.03. The smallest absolute Gasteiger partial charge is 0.316 e. The summed E-state index contributed by atoms with van der Waals surface area (Å²) < 4.78 is 5.72. The van der Waals surface area contributed by atoms with E-state index in [0.717, 1.165) is 31.5 Å². The fourth-order valence-electron chi connectivity index (χ4n) is 2.44. The molecule has 1 aliphatic rings. The molecule has 1 aromatic carbocycles. The van der Waals surface area contributed by atoms with Crippen molar-refractivity contribution in [2.75, 3.05) is 25.4 Å². The molecule has 0 aliphatic carbocycles. The number of thiocarbonyl (C=S) groups is 1. The molecule has 0 saturated carbocycles. The highest BCUT2D eigenvalue weighted by atomic mass is 35.5. The number of hydrogen-bond donors (Lipinski definition) is 1. The van der Waals surface area contributed by atoms with Crippen molar-refractivity contribution in [1.29, 1.82) is 0 Å². The van der Waals surface area contributed by atoms with Crippen LogP contribution < -0.4 is 5.32 Å². The first-order valence-corrected chi connectivity index (χ1v) is 9.85. The van der Waals surface area contributed by atoms with E-state index in [0.29, 0.717) is 9.34 Å². The molecule has 0 spiro atoms. The van der Waals surface area contributed by atoms with E-state index < -0.39 is 5.97 Å². The third-order valence-electron chi connectivity index (χ3n) is 3.77. The maximum Gasteiger partial charge on any atom is 0.316 e. The van der Waals surface area contributed by atoms with Gasteiger partial charge in [0.1, 0.15) is 4.32 Å². The van der Waals surface area contributed by atoms with Crippen molar-refractivity contribution in [2.24, 2.45) is 0 Å². The average Bonchev–Trinajstić information content (AvgIpc) is 3.12. The lowest BCUT2D eigenvalue weighted by molar-refractivity contribution is -0.146. The van der Waals surface area contributed by atoms with Crippen LogP contribution >= 0.6 is 35.6 Å². The first-order chi connectivity index (χ1) is 12.0. The number of rotatable bonds is 6. The predicted molar refractivity (Wildman–Crippen MR) is 105 cm³/mol. The zero-order valence-corrected chi connectivity index (χ0v) is 16.4. The summed E-state index contributed by atoms with van der Waals surface area (Å²) in [5, 5.41) is 3.38. The molecule has 1 aromatic rings. The summed E-state index contributed by atoms with van der Waals surface area (Å²) in [7, 11) is 0. The van der Waals surface area contributed by atoms with Crippen LogP contribution in [0.5, 0.6) is 0 Å². The number of thioether (sulfide) groups is 1. The number of likely N-dealkylation sites (tertiary alicyclic amines) is 1. The van der Waals surface area contributed by atoms with E-state index in [-0.39, 0.29) is 24.3 Å². The summed E-state index contributed by atoms with van der Waals surface area (Å²) in [5.74, 6) is -0.683. The minimum Gasteiger partial charge on any atom is -0.455 e. The minimum atomic E-state index is -0.447. The first kappa shape index (κ1) is 20.0. The Hall–Kier alpha value is -1.31. The topological polar surface area (TPSA) is 58.6 Å². The highest BCUT2D eigenvalue weighted by Crippen LogP contribution is 2.18. The normalized spacial score (nSPS) is 14.9. The number of hydrogen-bond acceptors (Lipinski definition) is 5. The van der Waals surface area contributed by atoms with Gasteiger partial charge in [-0.15, -0.1) is 0 Å². The third kappa shape index (κ3) is 6.84. The molecule has 1 amide bonds. The molecule has 0 aromatic heterocycles. The molecule has 1 N–H and O–H groups in total. The van der Waals surface area contributed by atoms with E-state index >= 15 is 0 Å². The number of ether oxygens (including phenoxy) is 1. The Bertz CT molecular complexity index is 636. The van der Waals surface area contributed by atoms with Gasteiger partial charge in [-0.2, -0.15) is 0 Å². The molecule has 1 atom stereocenters. The summed E-state index contributed by atoms with van der Waals surface area (Å²) >= 11 is 12.5. The van der Waals surface area contributed by atoms with E-state index in [2.05, 4.69) is 10.2 Å². The zero-order valence-electron chi connectivity index (χ0n) is 14.0. The van der Waals surface area contributed by atoms with Crippen molar-refractivity contribution in [3.05, 3.63) is 34.9 Å². The van der Waals surface area contributed by atoms with Crippen LogP contribution in [0.1, 0.15) is 31.4 Å². The van der Waals surface area contributed by atoms with Crippen LogP contribution in [0.4, 0.5) is 0 Å². The molecule has 0 bridgehead atoms. The van der Waals surface area contributed by atoms with Crippen LogP contribution in [0.3, 0.4) is 0 Å². The van der Waals surface area contributed by atoms with Gasteiger partial charge in [0.2, 0.25) is 0 Å². The van der Waals surface area contributed by atoms with E-state index in [9.17, 15) is 9.59 Å². The number of nitrogens with one attached hydrogen (secondary N) is 1. The van der Waals surface area contributed by atoms with Gasteiger partial charge in [-0.05, 0) is 37.5 Å². The average molecular weight is 401 g/mol. The van der Waals surface area contributed by atoms with E-state index in [1.54, 1.807) is 12.1 Å². The highest BCUT2D eigenvalue weighted by Gasteiger charge is 2.17. The molecule has 136 valence electrons. The van der Waals surface area contributed by atoms with Gasteiger partial charge in [-0.25, -0.2) is 0 Å². The maximum atomic E-state index is 11.9. The summed E-state index contributed by atoms with van der Waals surface area (Å²) in [4.78, 5) is 25.7. The molecule has 8 heteroatoms.